The lowest BCUT2D eigenvalue weighted by Gasteiger charge is -2.14. The molecule has 138 valence electrons. The Hall–Kier alpha value is -2.18. The molecule has 1 aliphatic rings. The van der Waals surface area contributed by atoms with Gasteiger partial charge in [0.25, 0.3) is 5.91 Å². The highest BCUT2D eigenvalue weighted by atomic mass is 32.1. The first-order chi connectivity index (χ1) is 12.6. The molecule has 0 spiro atoms. The van der Waals surface area contributed by atoms with E-state index in [-0.39, 0.29) is 11.9 Å². The molecule has 1 unspecified atom stereocenters. The molecule has 0 fully saturated rings. The number of anilines is 1. The van der Waals surface area contributed by atoms with Gasteiger partial charge in [-0.3, -0.25) is 4.79 Å². The van der Waals surface area contributed by atoms with E-state index in [2.05, 4.69) is 17.4 Å². The monoisotopic (exact) mass is 373 g/mol. The Kier molecular flexibility index (Phi) is 6.06. The Morgan fingerprint density at radius 3 is 2.73 bits per heavy atom. The first-order valence-electron chi connectivity index (χ1n) is 9.05. The van der Waals surface area contributed by atoms with Gasteiger partial charge in [0.1, 0.15) is 11.5 Å². The topological polar surface area (TPSA) is 59.8 Å². The number of hydrogen-bond donors (Lipinski definition) is 2. The van der Waals surface area contributed by atoms with E-state index in [4.69, 9.17) is 4.74 Å². The van der Waals surface area contributed by atoms with Gasteiger partial charge in [0, 0.05) is 10.4 Å². The minimum absolute atomic E-state index is 0.0797. The Morgan fingerprint density at radius 1 is 1.23 bits per heavy atom. The second-order valence-corrected chi connectivity index (χ2v) is 7.73. The Balaban J connectivity index is 1.66. The average Bonchev–Trinajstić information content (AvgIpc) is 3.16. The summed E-state index contributed by atoms with van der Waals surface area (Å²) in [4.78, 5) is 27.1. The van der Waals surface area contributed by atoms with E-state index >= 15 is 0 Å². The summed E-state index contributed by atoms with van der Waals surface area (Å²) in [5, 5.41) is 3.60. The lowest BCUT2D eigenvalue weighted by atomic mass is 10.1. The summed E-state index contributed by atoms with van der Waals surface area (Å²) in [5.74, 6) is -0.406. The maximum Gasteiger partial charge on any atom is 0.341 e. The van der Waals surface area contributed by atoms with Crippen molar-refractivity contribution in [2.75, 3.05) is 25.5 Å². The second-order valence-electron chi connectivity index (χ2n) is 6.63. The van der Waals surface area contributed by atoms with Crippen molar-refractivity contribution in [3.05, 3.63) is 51.9 Å². The van der Waals surface area contributed by atoms with E-state index in [1.165, 1.54) is 21.8 Å². The molecule has 2 aromatic rings. The predicted molar refractivity (Wildman–Crippen MR) is 103 cm³/mol. The molecule has 2 N–H and O–H groups in total. The van der Waals surface area contributed by atoms with Crippen molar-refractivity contribution in [2.45, 2.75) is 32.7 Å². The van der Waals surface area contributed by atoms with Crippen LogP contribution in [0.15, 0.2) is 30.3 Å². The van der Waals surface area contributed by atoms with E-state index in [1.54, 1.807) is 6.92 Å². The number of likely N-dealkylation sites (N-methyl/N-ethyl adjacent to an activating group) is 1. The zero-order valence-electron chi connectivity index (χ0n) is 15.3. The molecule has 1 heterocycles. The molecule has 1 amide bonds. The van der Waals surface area contributed by atoms with Crippen LogP contribution in [0.25, 0.3) is 0 Å². The van der Waals surface area contributed by atoms with E-state index in [0.29, 0.717) is 23.7 Å². The number of carbonyl (C=O) groups excluding carboxylic acids is 2. The third kappa shape index (κ3) is 4.31. The van der Waals surface area contributed by atoms with Crippen molar-refractivity contribution in [3.63, 3.8) is 0 Å². The highest BCUT2D eigenvalue weighted by Crippen LogP contribution is 2.39. The van der Waals surface area contributed by atoms with Gasteiger partial charge in [0.15, 0.2) is 6.54 Å². The number of amides is 1. The van der Waals surface area contributed by atoms with E-state index in [1.807, 2.05) is 25.2 Å². The molecule has 26 heavy (non-hydrogen) atoms. The number of ether oxygens (including phenoxy) is 1. The molecule has 1 aliphatic carbocycles. The van der Waals surface area contributed by atoms with Crippen LogP contribution in [0.2, 0.25) is 0 Å². The van der Waals surface area contributed by atoms with Crippen LogP contribution in [0, 0.1) is 0 Å². The number of quaternary nitrogens is 1. The van der Waals surface area contributed by atoms with Crippen LogP contribution in [0.3, 0.4) is 0 Å². The van der Waals surface area contributed by atoms with Crippen molar-refractivity contribution in [2.24, 2.45) is 0 Å². The van der Waals surface area contributed by atoms with Crippen LogP contribution in [0.5, 0.6) is 0 Å². The molecule has 0 saturated carbocycles. The third-order valence-electron chi connectivity index (χ3n) is 4.46. The maximum absolute atomic E-state index is 12.5. The molecule has 0 bridgehead atoms. The molecule has 1 atom stereocenters. The predicted octanol–water partition coefficient (Wildman–Crippen LogP) is 2.07. The molecule has 0 aliphatic heterocycles. The first-order valence-corrected chi connectivity index (χ1v) is 9.86. The molecular formula is C20H25N2O3S+. The van der Waals surface area contributed by atoms with E-state index in [0.717, 1.165) is 36.3 Å². The van der Waals surface area contributed by atoms with Crippen LogP contribution >= 0.6 is 11.3 Å². The molecule has 3 rings (SSSR count). The van der Waals surface area contributed by atoms with Gasteiger partial charge >= 0.3 is 5.97 Å². The van der Waals surface area contributed by atoms with E-state index < -0.39 is 0 Å². The fraction of sp³-hybridized carbons (Fsp3) is 0.400. The lowest BCUT2D eigenvalue weighted by molar-refractivity contribution is -0.885. The smallest absolute Gasteiger partial charge is 0.341 e. The number of hydrogen-bond acceptors (Lipinski definition) is 4. The van der Waals surface area contributed by atoms with E-state index in [9.17, 15) is 9.59 Å². The summed E-state index contributed by atoms with van der Waals surface area (Å²) < 4.78 is 5.21. The SMILES string of the molecule is CCOC(=O)c1c(NC(=O)C[NH+](C)Cc2ccccc2)sc2c1CCC2. The fourth-order valence-corrected chi connectivity index (χ4v) is 4.66. The Labute approximate surface area is 158 Å². The molecule has 0 saturated heterocycles. The fourth-order valence-electron chi connectivity index (χ4n) is 3.36. The standard InChI is InChI=1S/C20H24N2O3S/c1-3-25-20(24)18-15-10-7-11-16(15)26-19(18)21-17(23)13-22(2)12-14-8-5-4-6-9-14/h4-6,8-9H,3,7,10-13H2,1-2H3,(H,21,23)/p+1. The highest BCUT2D eigenvalue weighted by Gasteiger charge is 2.28. The van der Waals surface area contributed by atoms with Gasteiger partial charge < -0.3 is 15.0 Å². The summed E-state index contributed by atoms with van der Waals surface area (Å²) in [6.45, 7) is 3.26. The van der Waals surface area contributed by atoms with Gasteiger partial charge in [-0.15, -0.1) is 11.3 Å². The van der Waals surface area contributed by atoms with Crippen molar-refractivity contribution >= 4 is 28.2 Å². The van der Waals surface area contributed by atoms with Gasteiger partial charge in [0.05, 0.1) is 19.2 Å². The summed E-state index contributed by atoms with van der Waals surface area (Å²) in [6.07, 6.45) is 2.92. The van der Waals surface area contributed by atoms with Crippen molar-refractivity contribution < 1.29 is 19.2 Å². The van der Waals surface area contributed by atoms with Crippen LogP contribution in [-0.2, 0) is 28.9 Å². The number of aryl methyl sites for hydroxylation is 1. The second kappa shape index (κ2) is 8.47. The Morgan fingerprint density at radius 2 is 2.00 bits per heavy atom. The van der Waals surface area contributed by atoms with Crippen LogP contribution in [-0.4, -0.2) is 32.1 Å². The quantitative estimate of drug-likeness (QED) is 0.731. The number of carbonyl (C=O) groups is 2. The maximum atomic E-state index is 12.5. The lowest BCUT2D eigenvalue weighted by Crippen LogP contribution is -3.08. The van der Waals surface area contributed by atoms with Crippen molar-refractivity contribution in [3.8, 4) is 0 Å². The molecule has 6 heteroatoms. The number of fused-ring (bicyclic) bond motifs is 1. The minimum atomic E-state index is -0.327. The first kappa shape index (κ1) is 18.6. The molecule has 0 radical (unpaired) electrons. The number of nitrogens with one attached hydrogen (secondary N) is 2. The normalized spacial score (nSPS) is 13.9. The zero-order chi connectivity index (χ0) is 18.5. The summed E-state index contributed by atoms with van der Waals surface area (Å²) in [5.41, 5.74) is 2.83. The molecule has 1 aromatic carbocycles. The highest BCUT2D eigenvalue weighted by molar-refractivity contribution is 7.17. The van der Waals surface area contributed by atoms with Gasteiger partial charge in [-0.05, 0) is 31.7 Å². The summed E-state index contributed by atoms with van der Waals surface area (Å²) in [7, 11) is 1.99. The number of thiophene rings is 1. The van der Waals surface area contributed by atoms with Crippen molar-refractivity contribution in [1.82, 2.24) is 0 Å². The third-order valence-corrected chi connectivity index (χ3v) is 5.67. The van der Waals surface area contributed by atoms with Gasteiger partial charge in [-0.25, -0.2) is 4.79 Å². The van der Waals surface area contributed by atoms with Gasteiger partial charge in [0.2, 0.25) is 0 Å². The van der Waals surface area contributed by atoms with Crippen LogP contribution < -0.4 is 10.2 Å². The largest absolute Gasteiger partial charge is 0.462 e. The number of rotatable bonds is 7. The Bertz CT molecular complexity index is 786. The van der Waals surface area contributed by atoms with Gasteiger partial charge in [-0.1, -0.05) is 30.3 Å². The molecule has 5 nitrogen and oxygen atoms in total. The number of benzene rings is 1. The van der Waals surface area contributed by atoms with Crippen molar-refractivity contribution in [1.29, 1.82) is 0 Å². The van der Waals surface area contributed by atoms with Crippen LogP contribution in [0.1, 0.15) is 39.7 Å². The summed E-state index contributed by atoms with van der Waals surface area (Å²) >= 11 is 1.52. The number of esters is 1. The summed E-state index contributed by atoms with van der Waals surface area (Å²) in [6, 6.07) is 10.1. The zero-order valence-corrected chi connectivity index (χ0v) is 16.1. The average molecular weight is 373 g/mol. The minimum Gasteiger partial charge on any atom is -0.462 e. The molecular weight excluding hydrogens is 348 g/mol. The van der Waals surface area contributed by atoms with Crippen LogP contribution in [0.4, 0.5) is 5.00 Å². The molecule has 1 aromatic heterocycles. The van der Waals surface area contributed by atoms with Gasteiger partial charge in [-0.2, -0.15) is 0 Å².